The first kappa shape index (κ1) is 38.8. The van der Waals surface area contributed by atoms with E-state index in [1.165, 1.54) is 4.57 Å². The van der Waals surface area contributed by atoms with E-state index in [0.29, 0.717) is 19.5 Å². The summed E-state index contributed by atoms with van der Waals surface area (Å²) in [6.07, 6.45) is -0.262. The molecule has 2 saturated heterocycles. The minimum absolute atomic E-state index is 0.0255. The van der Waals surface area contributed by atoms with Crippen LogP contribution in [0.3, 0.4) is 0 Å². The van der Waals surface area contributed by atoms with E-state index in [9.17, 15) is 24.2 Å². The van der Waals surface area contributed by atoms with Gasteiger partial charge in [-0.15, -0.1) is 11.3 Å². The molecule has 2 fully saturated rings. The van der Waals surface area contributed by atoms with E-state index < -0.39 is 37.9 Å². The third kappa shape index (κ3) is 8.67. The first-order valence-electron chi connectivity index (χ1n) is 18.2. The summed E-state index contributed by atoms with van der Waals surface area (Å²) in [7, 11) is 1.50. The zero-order valence-corrected chi connectivity index (χ0v) is 32.5. The Morgan fingerprint density at radius 1 is 1.15 bits per heavy atom. The molecule has 18 nitrogen and oxygen atoms in total. The number of benzene rings is 2. The summed E-state index contributed by atoms with van der Waals surface area (Å²) >= 11 is 1.73. The van der Waals surface area contributed by atoms with Crippen molar-refractivity contribution < 1.29 is 33.1 Å². The van der Waals surface area contributed by atoms with E-state index >= 15 is 0 Å². The van der Waals surface area contributed by atoms with E-state index in [-0.39, 0.29) is 35.6 Å². The SMILES string of the molecule is CN(CCCC(=O)NCCCCCCNc1nc2c(=O)[nH]c(N)nc2n1[C@@H]1O[C@@H]2COP(=O)([O-])O[C@H]2[C@H]1O)c1ccc2nc3ccc(=[N+](C)C)cc-3sc2c1. The lowest BCUT2D eigenvalue weighted by Crippen LogP contribution is -2.41. The molecule has 0 saturated carbocycles. The molecule has 55 heavy (non-hydrogen) atoms. The van der Waals surface area contributed by atoms with Gasteiger partial charge < -0.3 is 45.1 Å². The normalized spacial score (nSPS) is 22.3. The number of aromatic nitrogens is 5. The number of ether oxygens (including phenoxy) is 1. The van der Waals surface area contributed by atoms with E-state index in [4.69, 9.17) is 24.5 Å². The van der Waals surface area contributed by atoms with Crippen molar-refractivity contribution in [3.63, 3.8) is 0 Å². The van der Waals surface area contributed by atoms with Crippen LogP contribution in [-0.2, 0) is 23.1 Å². The average molecular weight is 797 g/mol. The fourth-order valence-corrected chi connectivity index (χ4v) is 8.73. The van der Waals surface area contributed by atoms with Gasteiger partial charge in [-0.25, -0.2) is 14.5 Å². The van der Waals surface area contributed by atoms with Crippen LogP contribution < -0.4 is 41.7 Å². The zero-order chi connectivity index (χ0) is 38.9. The van der Waals surface area contributed by atoms with Gasteiger partial charge in [0, 0.05) is 50.9 Å². The van der Waals surface area contributed by atoms with Gasteiger partial charge in [0.05, 0.1) is 27.4 Å². The minimum Gasteiger partial charge on any atom is -0.756 e. The zero-order valence-electron chi connectivity index (χ0n) is 30.8. The highest BCUT2D eigenvalue weighted by molar-refractivity contribution is 7.45. The number of nitrogens with zero attached hydrogens (tertiary/aromatic N) is 6. The molecule has 7 rings (SSSR count). The molecule has 3 aliphatic heterocycles. The lowest BCUT2D eigenvalue weighted by atomic mass is 10.1. The highest BCUT2D eigenvalue weighted by atomic mass is 32.1. The Morgan fingerprint density at radius 3 is 2.75 bits per heavy atom. The van der Waals surface area contributed by atoms with Crippen molar-refractivity contribution >= 4 is 64.0 Å². The van der Waals surface area contributed by atoms with Gasteiger partial charge in [-0.3, -0.25) is 23.7 Å². The van der Waals surface area contributed by atoms with Crippen molar-refractivity contribution in [1.29, 1.82) is 0 Å². The van der Waals surface area contributed by atoms with Gasteiger partial charge in [0.25, 0.3) is 13.4 Å². The number of imidazole rings is 1. The number of carbonyl (C=O) groups excluding carboxylic acids is 1. The van der Waals surface area contributed by atoms with Gasteiger partial charge in [0.1, 0.15) is 32.4 Å². The number of fused-ring (bicyclic) bond motifs is 4. The van der Waals surface area contributed by atoms with Crippen molar-refractivity contribution in [2.24, 2.45) is 0 Å². The predicted octanol–water partition coefficient (Wildman–Crippen LogP) is 1.60. The fraction of sp³-hybridized carbons (Fsp3) is 0.486. The molecule has 294 valence electrons. The Morgan fingerprint density at radius 2 is 1.95 bits per heavy atom. The van der Waals surface area contributed by atoms with Gasteiger partial charge in [0.2, 0.25) is 23.2 Å². The van der Waals surface area contributed by atoms with Crippen molar-refractivity contribution in [2.75, 3.05) is 63.3 Å². The number of anilines is 3. The van der Waals surface area contributed by atoms with Crippen LogP contribution in [0.4, 0.5) is 17.6 Å². The maximum atomic E-state index is 12.6. The van der Waals surface area contributed by atoms with Crippen LogP contribution in [0.2, 0.25) is 0 Å². The number of rotatable bonds is 14. The minimum atomic E-state index is -4.60. The number of nitrogen functional groups attached to an aromatic ring is 1. The first-order valence-corrected chi connectivity index (χ1v) is 20.5. The predicted molar refractivity (Wildman–Crippen MR) is 207 cm³/mol. The van der Waals surface area contributed by atoms with E-state index in [2.05, 4.69) is 71.5 Å². The van der Waals surface area contributed by atoms with Crippen LogP contribution >= 0.6 is 19.2 Å². The molecule has 2 aromatic heterocycles. The van der Waals surface area contributed by atoms with Gasteiger partial charge >= 0.3 is 0 Å². The van der Waals surface area contributed by atoms with Crippen molar-refractivity contribution in [3.8, 4) is 10.6 Å². The number of phosphoric acid groups is 1. The maximum absolute atomic E-state index is 12.6. The molecule has 1 aliphatic carbocycles. The maximum Gasteiger partial charge on any atom is 0.280 e. The molecular formula is C35H45N10O8PS. The third-order valence-electron chi connectivity index (χ3n) is 9.69. The molecular weight excluding hydrogens is 751 g/mol. The van der Waals surface area contributed by atoms with Crippen LogP contribution in [0, 0.1) is 0 Å². The number of aliphatic hydroxyl groups is 1. The van der Waals surface area contributed by atoms with Crippen LogP contribution in [0.1, 0.15) is 44.8 Å². The Hall–Kier alpha value is -4.49. The molecule has 5 atom stereocenters. The third-order valence-corrected chi connectivity index (χ3v) is 11.8. The Kier molecular flexibility index (Phi) is 11.5. The van der Waals surface area contributed by atoms with Gasteiger partial charge in [-0.2, -0.15) is 4.98 Å². The molecule has 20 heteroatoms. The van der Waals surface area contributed by atoms with E-state index in [1.54, 1.807) is 11.3 Å². The summed E-state index contributed by atoms with van der Waals surface area (Å²) in [5.41, 5.74) is 8.27. The topological polar surface area (TPSA) is 238 Å². The molecule has 6 N–H and O–H groups in total. The largest absolute Gasteiger partial charge is 0.756 e. The molecule has 4 aliphatic rings. The smallest absolute Gasteiger partial charge is 0.280 e. The number of carbonyl (C=O) groups is 1. The number of hydrogen-bond donors (Lipinski definition) is 5. The number of amides is 1. The Bertz CT molecular complexity index is 2350. The van der Waals surface area contributed by atoms with Crippen LogP contribution in [-0.4, -0.2) is 101 Å². The number of unbranched alkanes of at least 4 members (excludes halogenated alkanes) is 3. The molecule has 0 spiro atoms. The highest BCUT2D eigenvalue weighted by Crippen LogP contribution is 2.50. The quantitative estimate of drug-likeness (QED) is 0.0465. The lowest BCUT2D eigenvalue weighted by molar-refractivity contribution is -0.245. The molecule has 0 radical (unpaired) electrons. The summed E-state index contributed by atoms with van der Waals surface area (Å²) < 4.78 is 32.1. The fourth-order valence-electron chi connectivity index (χ4n) is 6.75. The lowest BCUT2D eigenvalue weighted by Gasteiger charge is -2.34. The Balaban J connectivity index is 0.840. The molecule has 0 bridgehead atoms. The van der Waals surface area contributed by atoms with Gasteiger partial charge in [-0.1, -0.05) is 12.8 Å². The molecule has 3 aromatic rings. The molecule has 1 unspecified atom stereocenters. The number of H-pyrrole nitrogens is 1. The summed E-state index contributed by atoms with van der Waals surface area (Å²) in [5.74, 6) is 0.0546. The Labute approximate surface area is 320 Å². The van der Waals surface area contributed by atoms with E-state index in [1.807, 2.05) is 21.1 Å². The van der Waals surface area contributed by atoms with Crippen LogP contribution in [0.15, 0.2) is 41.2 Å². The summed E-state index contributed by atoms with van der Waals surface area (Å²) in [5, 5.41) is 18.4. The number of nitrogens with one attached hydrogen (secondary N) is 3. The standard InChI is InChI=1S/C35H45N10O8PS/c1-43(2)20-10-12-22-25(17-20)55-26-18-21(11-13-23(26)39-22)44(3)16-8-9-27(46)37-14-6-4-5-7-15-38-35-40-28-31(41-34(36)42-32(28)48)45(35)33-29(47)30-24(52-33)19-51-54(49,50)53-30/h10-13,17-18,24,29-30,33,39,47H,4-9,14-16,19H2,1-3H3,(H4,36,37,42,46,48,49,50)/t24-,29-,30-,33-/m1/s1. The van der Waals surface area contributed by atoms with Gasteiger partial charge in [-0.05, 0) is 43.5 Å². The van der Waals surface area contributed by atoms with Crippen molar-refractivity contribution in [3.05, 3.63) is 52.1 Å². The first-order chi connectivity index (χ1) is 26.4. The highest BCUT2D eigenvalue weighted by Gasteiger charge is 2.51. The van der Waals surface area contributed by atoms with Gasteiger partial charge in [0.15, 0.2) is 17.4 Å². The number of hydrogen-bond acceptors (Lipinski definition) is 15. The monoisotopic (exact) mass is 796 g/mol. The van der Waals surface area contributed by atoms with Crippen LogP contribution in [0.5, 0.6) is 0 Å². The molecule has 1 aromatic carbocycles. The summed E-state index contributed by atoms with van der Waals surface area (Å²) in [4.78, 5) is 56.2. The average Bonchev–Trinajstić information content (AvgIpc) is 3.66. The second-order valence-electron chi connectivity index (χ2n) is 13.9. The van der Waals surface area contributed by atoms with E-state index in [0.717, 1.165) is 70.5 Å². The number of aromatic amines is 1. The summed E-state index contributed by atoms with van der Waals surface area (Å²) in [6, 6.07) is 12.6. The second-order valence-corrected chi connectivity index (χ2v) is 16.4. The summed E-state index contributed by atoms with van der Waals surface area (Å²) in [6.45, 7) is 1.46. The second kappa shape index (κ2) is 16.3. The number of nitrogens with two attached hydrogens (primary N) is 1. The molecule has 5 heterocycles. The number of phosphoric ester groups is 1. The number of aliphatic hydroxyl groups excluding tert-OH is 1. The van der Waals surface area contributed by atoms with Crippen molar-refractivity contribution in [1.82, 2.24) is 34.4 Å². The molecule has 1 amide bonds. The van der Waals surface area contributed by atoms with Crippen molar-refractivity contribution in [2.45, 2.75) is 63.1 Å². The van der Waals surface area contributed by atoms with Crippen LogP contribution in [0.25, 0.3) is 32.0 Å².